The molecule has 2 fully saturated rings. The number of carbonyl (C=O) groups excluding carboxylic acids is 1. The van der Waals surface area contributed by atoms with Gasteiger partial charge >= 0.3 is 0 Å². The van der Waals surface area contributed by atoms with Crippen molar-refractivity contribution in [3.63, 3.8) is 0 Å². The van der Waals surface area contributed by atoms with Crippen LogP contribution in [0.25, 0.3) is 0 Å². The molecule has 7 nitrogen and oxygen atoms in total. The second-order valence-electron chi connectivity index (χ2n) is 7.77. The van der Waals surface area contributed by atoms with Crippen molar-refractivity contribution in [2.45, 2.75) is 55.9 Å². The zero-order valence-corrected chi connectivity index (χ0v) is 16.6. The minimum absolute atomic E-state index is 0.0401. The van der Waals surface area contributed by atoms with Gasteiger partial charge in [-0.15, -0.1) is 0 Å². The van der Waals surface area contributed by atoms with E-state index in [9.17, 15) is 18.3 Å². The molecule has 1 aromatic rings. The molecule has 8 heteroatoms. The molecule has 28 heavy (non-hydrogen) atoms. The summed E-state index contributed by atoms with van der Waals surface area (Å²) < 4.78 is 28.4. The van der Waals surface area contributed by atoms with Crippen molar-refractivity contribution in [3.8, 4) is 5.75 Å². The van der Waals surface area contributed by atoms with Crippen LogP contribution in [-0.4, -0.2) is 30.7 Å². The van der Waals surface area contributed by atoms with Crippen molar-refractivity contribution >= 4 is 15.9 Å². The Morgan fingerprint density at radius 2 is 1.86 bits per heavy atom. The van der Waals surface area contributed by atoms with Crippen molar-refractivity contribution in [1.29, 1.82) is 0 Å². The highest BCUT2D eigenvalue weighted by Crippen LogP contribution is 2.50. The Kier molecular flexibility index (Phi) is 6.74. The maximum Gasteiger partial charge on any atom is 0.243 e. The fraction of sp³-hybridized carbons (Fsp3) is 0.550. The maximum absolute atomic E-state index is 12.8. The first kappa shape index (κ1) is 20.8. The van der Waals surface area contributed by atoms with Gasteiger partial charge in [0.15, 0.2) is 0 Å². The van der Waals surface area contributed by atoms with Crippen LogP contribution in [0.4, 0.5) is 0 Å². The molecule has 4 unspecified atom stereocenters. The highest BCUT2D eigenvalue weighted by Gasteiger charge is 2.48. The number of hydroxylamine groups is 1. The van der Waals surface area contributed by atoms with Crippen molar-refractivity contribution < 1.29 is 23.5 Å². The van der Waals surface area contributed by atoms with E-state index in [2.05, 4.69) is 10.8 Å². The Morgan fingerprint density at radius 1 is 1.14 bits per heavy atom. The molecule has 3 rings (SSSR count). The van der Waals surface area contributed by atoms with Crippen molar-refractivity contribution in [1.82, 2.24) is 10.2 Å². The summed E-state index contributed by atoms with van der Waals surface area (Å²) in [5.74, 6) is 0.858. The van der Waals surface area contributed by atoms with E-state index in [1.54, 1.807) is 5.48 Å². The Morgan fingerprint density at radius 3 is 2.57 bits per heavy atom. The Hall–Kier alpha value is -1.90. The summed E-state index contributed by atoms with van der Waals surface area (Å²) in [4.78, 5) is 11.2. The lowest BCUT2D eigenvalue weighted by Crippen LogP contribution is -2.43. The largest absolute Gasteiger partial charge is 0.508 e. The second-order valence-corrected chi connectivity index (χ2v) is 9.49. The van der Waals surface area contributed by atoms with Crippen molar-refractivity contribution in [2.75, 3.05) is 0 Å². The molecular weight excluding hydrogens is 380 g/mol. The third kappa shape index (κ3) is 4.92. The number of unbranched alkanes of at least 4 members (excludes halogenated alkanes) is 1. The summed E-state index contributed by atoms with van der Waals surface area (Å²) in [6.07, 6.45) is 9.90. The third-order valence-electron chi connectivity index (χ3n) is 6.00. The van der Waals surface area contributed by atoms with Gasteiger partial charge in [0.1, 0.15) is 5.75 Å². The minimum Gasteiger partial charge on any atom is -0.508 e. The van der Waals surface area contributed by atoms with E-state index in [-0.39, 0.29) is 34.9 Å². The highest BCUT2D eigenvalue weighted by molar-refractivity contribution is 7.89. The summed E-state index contributed by atoms with van der Waals surface area (Å²) in [5, 5.41) is 17.9. The smallest absolute Gasteiger partial charge is 0.243 e. The third-order valence-corrected chi connectivity index (χ3v) is 7.48. The van der Waals surface area contributed by atoms with Gasteiger partial charge in [0.05, 0.1) is 4.90 Å². The standard InChI is InChI=1S/C20H28N2O5S/c23-16-9-11-17(12-10-16)28(26,27)22-20-15-8-7-14(13-15)18(20)5-3-1-2-4-6-19(24)21-25/h1,3,9-12,14-15,18,20,22-23,25H,2,4-8,13H2,(H,21,24). The molecule has 2 saturated carbocycles. The number of aromatic hydroxyl groups is 1. The quantitative estimate of drug-likeness (QED) is 0.217. The molecule has 4 N–H and O–H groups in total. The van der Waals surface area contributed by atoms with E-state index in [0.29, 0.717) is 18.3 Å². The van der Waals surface area contributed by atoms with E-state index in [4.69, 9.17) is 5.21 Å². The average molecular weight is 409 g/mol. The van der Waals surface area contributed by atoms with Crippen LogP contribution in [0.1, 0.15) is 44.9 Å². The molecule has 4 atom stereocenters. The first-order valence-electron chi connectivity index (χ1n) is 9.80. The molecule has 0 saturated heterocycles. The van der Waals surface area contributed by atoms with E-state index in [1.165, 1.54) is 24.3 Å². The number of carbonyl (C=O) groups is 1. The molecule has 2 bridgehead atoms. The molecule has 0 aliphatic heterocycles. The Bertz CT molecular complexity index is 806. The van der Waals surface area contributed by atoms with Gasteiger partial charge in [-0.05, 0) is 80.5 Å². The van der Waals surface area contributed by atoms with E-state index in [1.807, 2.05) is 6.08 Å². The molecule has 0 aromatic heterocycles. The molecular formula is C20H28N2O5S. The van der Waals surface area contributed by atoms with Crippen molar-refractivity contribution in [2.24, 2.45) is 17.8 Å². The van der Waals surface area contributed by atoms with Gasteiger partial charge in [-0.2, -0.15) is 0 Å². The summed E-state index contributed by atoms with van der Waals surface area (Å²) in [6.45, 7) is 0. The minimum atomic E-state index is -3.62. The lowest BCUT2D eigenvalue weighted by molar-refractivity contribution is -0.129. The fourth-order valence-electron chi connectivity index (χ4n) is 4.61. The van der Waals surface area contributed by atoms with Gasteiger partial charge in [-0.3, -0.25) is 10.0 Å². The normalized spacial score (nSPS) is 26.8. The summed E-state index contributed by atoms with van der Waals surface area (Å²) in [7, 11) is -3.62. The summed E-state index contributed by atoms with van der Waals surface area (Å²) in [6, 6.07) is 5.53. The predicted molar refractivity (Wildman–Crippen MR) is 104 cm³/mol. The number of sulfonamides is 1. The highest BCUT2D eigenvalue weighted by atomic mass is 32.2. The van der Waals surface area contributed by atoms with Gasteiger partial charge in [-0.25, -0.2) is 18.6 Å². The lowest BCUT2D eigenvalue weighted by atomic mass is 9.83. The SMILES string of the molecule is O=C(CCCC=CCC1C2CCC(C2)C1NS(=O)(=O)c1ccc(O)cc1)NO. The van der Waals surface area contributed by atoms with Crippen LogP contribution in [0, 0.1) is 17.8 Å². The molecule has 2 aliphatic carbocycles. The Balaban J connectivity index is 1.58. The van der Waals surface area contributed by atoms with Crippen molar-refractivity contribution in [3.05, 3.63) is 36.4 Å². The second kappa shape index (κ2) is 9.07. The number of phenolic OH excluding ortho intramolecular Hbond substituents is 1. The van der Waals surface area contributed by atoms with Gasteiger partial charge in [-0.1, -0.05) is 12.2 Å². The monoisotopic (exact) mass is 408 g/mol. The molecule has 0 spiro atoms. The number of allylic oxidation sites excluding steroid dienone is 2. The predicted octanol–water partition coefficient (Wildman–Crippen LogP) is 2.71. The van der Waals surface area contributed by atoms with Gasteiger partial charge in [0, 0.05) is 12.5 Å². The van der Waals surface area contributed by atoms with E-state index < -0.39 is 10.0 Å². The number of benzene rings is 1. The fourth-order valence-corrected chi connectivity index (χ4v) is 5.97. The first-order valence-corrected chi connectivity index (χ1v) is 11.3. The first-order chi connectivity index (χ1) is 13.4. The number of fused-ring (bicyclic) bond motifs is 2. The summed E-state index contributed by atoms with van der Waals surface area (Å²) >= 11 is 0. The average Bonchev–Trinajstić information content (AvgIpc) is 3.26. The number of nitrogens with one attached hydrogen (secondary N) is 2. The van der Waals surface area contributed by atoms with Gasteiger partial charge < -0.3 is 5.11 Å². The molecule has 1 amide bonds. The van der Waals surface area contributed by atoms with E-state index >= 15 is 0 Å². The van der Waals surface area contributed by atoms with Gasteiger partial charge in [0.2, 0.25) is 15.9 Å². The number of hydrogen-bond donors (Lipinski definition) is 4. The van der Waals surface area contributed by atoms with Crippen LogP contribution in [0.3, 0.4) is 0 Å². The number of phenols is 1. The molecule has 1 aromatic carbocycles. The van der Waals surface area contributed by atoms with Crippen LogP contribution in [-0.2, 0) is 14.8 Å². The topological polar surface area (TPSA) is 116 Å². The molecule has 2 aliphatic rings. The van der Waals surface area contributed by atoms with Crippen LogP contribution >= 0.6 is 0 Å². The molecule has 0 heterocycles. The van der Waals surface area contributed by atoms with Crippen LogP contribution in [0.5, 0.6) is 5.75 Å². The number of hydrogen-bond acceptors (Lipinski definition) is 5. The van der Waals surface area contributed by atoms with E-state index in [0.717, 1.165) is 32.1 Å². The number of rotatable bonds is 9. The number of amides is 1. The van der Waals surface area contributed by atoms with Gasteiger partial charge in [0.25, 0.3) is 0 Å². The molecule has 0 radical (unpaired) electrons. The van der Waals surface area contributed by atoms with Crippen LogP contribution in [0.2, 0.25) is 0 Å². The Labute approximate surface area is 165 Å². The zero-order chi connectivity index (χ0) is 20.1. The van der Waals surface area contributed by atoms with Crippen LogP contribution in [0.15, 0.2) is 41.3 Å². The molecule has 154 valence electrons. The summed E-state index contributed by atoms with van der Waals surface area (Å²) in [5.41, 5.74) is 1.62. The lowest BCUT2D eigenvalue weighted by Gasteiger charge is -2.31. The maximum atomic E-state index is 12.8. The zero-order valence-electron chi connectivity index (χ0n) is 15.8. The van der Waals surface area contributed by atoms with Crippen LogP contribution < -0.4 is 10.2 Å².